The second-order valence-corrected chi connectivity index (χ2v) is 7.24. The van der Waals surface area contributed by atoms with Crippen LogP contribution in [0.25, 0.3) is 0 Å². The first-order valence-electron chi connectivity index (χ1n) is 6.91. The predicted molar refractivity (Wildman–Crippen MR) is 83.7 cm³/mol. The van der Waals surface area contributed by atoms with Crippen molar-refractivity contribution in [1.29, 1.82) is 0 Å². The quantitative estimate of drug-likeness (QED) is 0.850. The Morgan fingerprint density at radius 1 is 1.24 bits per heavy atom. The van der Waals surface area contributed by atoms with Crippen LogP contribution in [-0.2, 0) is 16.4 Å². The fourth-order valence-corrected chi connectivity index (χ4v) is 3.74. The first-order chi connectivity index (χ1) is 9.97. The molecule has 4 nitrogen and oxygen atoms in total. The number of sulfonamides is 1. The van der Waals surface area contributed by atoms with Crippen LogP contribution in [0, 0.1) is 6.92 Å². The minimum Gasteiger partial charge on any atom is -0.398 e. The number of rotatable bonds is 4. The highest BCUT2D eigenvalue weighted by molar-refractivity contribution is 7.89. The summed E-state index contributed by atoms with van der Waals surface area (Å²) in [5, 5.41) is 0. The number of hydrogen-bond donors (Lipinski definition) is 2. The monoisotopic (exact) mass is 302 g/mol. The topological polar surface area (TPSA) is 72.2 Å². The molecule has 0 heterocycles. The molecule has 0 saturated carbocycles. The average molecular weight is 302 g/mol. The number of hydrogen-bond acceptors (Lipinski definition) is 3. The van der Waals surface area contributed by atoms with Crippen molar-refractivity contribution in [2.24, 2.45) is 0 Å². The Morgan fingerprint density at radius 3 is 2.71 bits per heavy atom. The van der Waals surface area contributed by atoms with Gasteiger partial charge in [-0.25, -0.2) is 13.1 Å². The number of nitrogen functional groups attached to an aromatic ring is 1. The molecule has 0 aliphatic heterocycles. The minimum atomic E-state index is -3.50. The smallest absolute Gasteiger partial charge is 0.240 e. The van der Waals surface area contributed by atoms with Crippen LogP contribution in [0.15, 0.2) is 47.4 Å². The number of nitrogens with two attached hydrogens (primary N) is 1. The van der Waals surface area contributed by atoms with E-state index in [-0.39, 0.29) is 10.8 Å². The van der Waals surface area contributed by atoms with Crippen LogP contribution in [0.2, 0.25) is 0 Å². The van der Waals surface area contributed by atoms with Crippen LogP contribution >= 0.6 is 0 Å². The SMILES string of the molecule is Cc1ccc(S(=O)(=O)NCC2Cc3ccccc32)cc1N. The summed E-state index contributed by atoms with van der Waals surface area (Å²) in [6.45, 7) is 2.28. The van der Waals surface area contributed by atoms with E-state index in [0.29, 0.717) is 12.2 Å². The van der Waals surface area contributed by atoms with Gasteiger partial charge in [-0.15, -0.1) is 0 Å². The average Bonchev–Trinajstić information content (AvgIpc) is 2.42. The van der Waals surface area contributed by atoms with E-state index in [1.165, 1.54) is 17.2 Å². The van der Waals surface area contributed by atoms with Gasteiger partial charge in [0.05, 0.1) is 4.90 Å². The van der Waals surface area contributed by atoms with Gasteiger partial charge in [-0.05, 0) is 42.2 Å². The van der Waals surface area contributed by atoms with Crippen molar-refractivity contribution >= 4 is 15.7 Å². The maximum Gasteiger partial charge on any atom is 0.240 e. The van der Waals surface area contributed by atoms with Crippen LogP contribution in [0.1, 0.15) is 22.6 Å². The highest BCUT2D eigenvalue weighted by Gasteiger charge is 2.27. The van der Waals surface area contributed by atoms with Gasteiger partial charge in [0.25, 0.3) is 0 Å². The second-order valence-electron chi connectivity index (χ2n) is 5.47. The molecule has 0 aromatic heterocycles. The van der Waals surface area contributed by atoms with Crippen LogP contribution in [-0.4, -0.2) is 15.0 Å². The molecule has 0 spiro atoms. The predicted octanol–water partition coefficient (Wildman–Crippen LogP) is 2.20. The third-order valence-corrected chi connectivity index (χ3v) is 5.46. The van der Waals surface area contributed by atoms with E-state index in [2.05, 4.69) is 16.9 Å². The highest BCUT2D eigenvalue weighted by atomic mass is 32.2. The maximum atomic E-state index is 12.3. The molecule has 0 amide bonds. The van der Waals surface area contributed by atoms with Crippen molar-refractivity contribution in [1.82, 2.24) is 4.72 Å². The zero-order chi connectivity index (χ0) is 15.0. The van der Waals surface area contributed by atoms with Gasteiger partial charge in [0.1, 0.15) is 0 Å². The van der Waals surface area contributed by atoms with Crippen molar-refractivity contribution < 1.29 is 8.42 Å². The van der Waals surface area contributed by atoms with Crippen LogP contribution < -0.4 is 10.5 Å². The zero-order valence-corrected chi connectivity index (χ0v) is 12.7. The van der Waals surface area contributed by atoms with Gasteiger partial charge in [-0.2, -0.15) is 0 Å². The van der Waals surface area contributed by atoms with Crippen LogP contribution in [0.4, 0.5) is 5.69 Å². The Bertz CT molecular complexity index is 785. The number of fused-ring (bicyclic) bond motifs is 1. The molecule has 5 heteroatoms. The fourth-order valence-electron chi connectivity index (χ4n) is 2.62. The van der Waals surface area contributed by atoms with Gasteiger partial charge in [0.15, 0.2) is 0 Å². The molecule has 1 aliphatic carbocycles. The lowest BCUT2D eigenvalue weighted by atomic mass is 9.78. The Labute approximate surface area is 125 Å². The summed E-state index contributed by atoms with van der Waals surface area (Å²) in [5.74, 6) is 0.263. The van der Waals surface area contributed by atoms with E-state index < -0.39 is 10.0 Å². The molecule has 1 aliphatic rings. The first-order valence-corrected chi connectivity index (χ1v) is 8.39. The van der Waals surface area contributed by atoms with Gasteiger partial charge < -0.3 is 5.73 Å². The van der Waals surface area contributed by atoms with Crippen molar-refractivity contribution in [3.63, 3.8) is 0 Å². The van der Waals surface area contributed by atoms with Crippen LogP contribution in [0.3, 0.4) is 0 Å². The standard InChI is InChI=1S/C16H18N2O2S/c1-11-6-7-14(9-16(11)17)21(19,20)18-10-13-8-12-4-2-3-5-15(12)13/h2-7,9,13,18H,8,10,17H2,1H3. The van der Waals surface area contributed by atoms with E-state index in [1.807, 2.05) is 19.1 Å². The number of anilines is 1. The largest absolute Gasteiger partial charge is 0.398 e. The van der Waals surface area contributed by atoms with Gasteiger partial charge >= 0.3 is 0 Å². The zero-order valence-electron chi connectivity index (χ0n) is 11.8. The first kappa shape index (κ1) is 14.1. The molecular formula is C16H18N2O2S. The Hall–Kier alpha value is -1.85. The van der Waals surface area contributed by atoms with Gasteiger partial charge in [-0.1, -0.05) is 30.3 Å². The lowest BCUT2D eigenvalue weighted by molar-refractivity contribution is 0.552. The Balaban J connectivity index is 1.72. The summed E-state index contributed by atoms with van der Waals surface area (Å²) < 4.78 is 27.3. The summed E-state index contributed by atoms with van der Waals surface area (Å²) >= 11 is 0. The summed E-state index contributed by atoms with van der Waals surface area (Å²) in [6.07, 6.45) is 0.925. The second kappa shape index (κ2) is 5.16. The molecule has 0 radical (unpaired) electrons. The van der Waals surface area contributed by atoms with E-state index in [4.69, 9.17) is 5.73 Å². The molecule has 3 N–H and O–H groups in total. The van der Waals surface area contributed by atoms with Crippen molar-refractivity contribution in [2.45, 2.75) is 24.2 Å². The van der Waals surface area contributed by atoms with Gasteiger partial charge in [0.2, 0.25) is 10.0 Å². The fraction of sp³-hybridized carbons (Fsp3) is 0.250. The molecule has 21 heavy (non-hydrogen) atoms. The van der Waals surface area contributed by atoms with Gasteiger partial charge in [0, 0.05) is 18.2 Å². The Kier molecular flexibility index (Phi) is 3.47. The van der Waals surface area contributed by atoms with E-state index in [9.17, 15) is 8.42 Å². The molecule has 2 aromatic rings. The highest BCUT2D eigenvalue weighted by Crippen LogP contribution is 2.34. The number of benzene rings is 2. The third kappa shape index (κ3) is 2.66. The summed E-state index contributed by atoms with van der Waals surface area (Å²) in [6, 6.07) is 13.0. The van der Waals surface area contributed by atoms with Crippen molar-refractivity contribution in [3.05, 3.63) is 59.2 Å². The molecule has 110 valence electrons. The molecule has 0 saturated heterocycles. The minimum absolute atomic E-state index is 0.221. The summed E-state index contributed by atoms with van der Waals surface area (Å²) in [7, 11) is -3.50. The molecule has 0 bridgehead atoms. The van der Waals surface area contributed by atoms with Crippen LogP contribution in [0.5, 0.6) is 0 Å². The molecule has 1 unspecified atom stereocenters. The van der Waals surface area contributed by atoms with Crippen molar-refractivity contribution in [2.75, 3.05) is 12.3 Å². The lowest BCUT2D eigenvalue weighted by Crippen LogP contribution is -2.33. The van der Waals surface area contributed by atoms with Crippen molar-refractivity contribution in [3.8, 4) is 0 Å². The summed E-state index contributed by atoms with van der Waals surface area (Å²) in [5.41, 5.74) is 9.70. The molecule has 2 aromatic carbocycles. The third-order valence-electron chi connectivity index (χ3n) is 4.04. The molecule has 0 fully saturated rings. The lowest BCUT2D eigenvalue weighted by Gasteiger charge is -2.30. The van der Waals surface area contributed by atoms with E-state index in [1.54, 1.807) is 12.1 Å². The van der Waals surface area contributed by atoms with E-state index >= 15 is 0 Å². The molecular weight excluding hydrogens is 284 g/mol. The Morgan fingerprint density at radius 2 is 2.00 bits per heavy atom. The van der Waals surface area contributed by atoms with E-state index in [0.717, 1.165) is 12.0 Å². The number of nitrogens with one attached hydrogen (secondary N) is 1. The van der Waals surface area contributed by atoms with Gasteiger partial charge in [-0.3, -0.25) is 0 Å². The maximum absolute atomic E-state index is 12.3. The molecule has 3 rings (SSSR count). The normalized spacial score (nSPS) is 17.1. The summed E-state index contributed by atoms with van der Waals surface area (Å²) in [4.78, 5) is 0.221. The number of aryl methyl sites for hydroxylation is 1. The molecule has 1 atom stereocenters.